The number of aromatic nitrogens is 3. The van der Waals surface area contributed by atoms with Crippen molar-refractivity contribution < 1.29 is 4.79 Å². The molecule has 0 unspecified atom stereocenters. The van der Waals surface area contributed by atoms with Crippen LogP contribution in [0.1, 0.15) is 42.5 Å². The van der Waals surface area contributed by atoms with Crippen LogP contribution in [0, 0.1) is 12.3 Å². The maximum atomic E-state index is 12.4. The molecule has 6 nitrogen and oxygen atoms in total. The van der Waals surface area contributed by atoms with Gasteiger partial charge in [0.25, 0.3) is 5.91 Å². The molecule has 0 atom stereocenters. The SMILES string of the molecule is Cc1c(NCC(C)(C)C)cccc1C(=O)NCc1ncnn1C. The second-order valence-corrected chi connectivity index (χ2v) is 6.87. The van der Waals surface area contributed by atoms with Crippen LogP contribution in [0.15, 0.2) is 24.5 Å². The van der Waals surface area contributed by atoms with Crippen LogP contribution in [0.2, 0.25) is 0 Å². The molecule has 0 saturated carbocycles. The number of aryl methyl sites for hydroxylation is 1. The van der Waals surface area contributed by atoms with Crippen LogP contribution in [-0.2, 0) is 13.6 Å². The number of amides is 1. The first-order valence-electron chi connectivity index (χ1n) is 7.72. The van der Waals surface area contributed by atoms with E-state index in [1.807, 2.05) is 25.1 Å². The Morgan fingerprint density at radius 2 is 2.04 bits per heavy atom. The van der Waals surface area contributed by atoms with Gasteiger partial charge in [-0.1, -0.05) is 26.8 Å². The summed E-state index contributed by atoms with van der Waals surface area (Å²) in [5.74, 6) is 0.614. The third-order valence-corrected chi connectivity index (χ3v) is 3.60. The molecule has 0 radical (unpaired) electrons. The quantitative estimate of drug-likeness (QED) is 0.889. The fourth-order valence-electron chi connectivity index (χ4n) is 2.17. The van der Waals surface area contributed by atoms with Gasteiger partial charge in [-0.25, -0.2) is 4.98 Å². The fourth-order valence-corrected chi connectivity index (χ4v) is 2.17. The molecule has 1 amide bonds. The van der Waals surface area contributed by atoms with E-state index in [1.54, 1.807) is 11.7 Å². The van der Waals surface area contributed by atoms with Gasteiger partial charge < -0.3 is 10.6 Å². The molecule has 0 aliphatic carbocycles. The van der Waals surface area contributed by atoms with Crippen molar-refractivity contribution in [2.24, 2.45) is 12.5 Å². The highest BCUT2D eigenvalue weighted by Gasteiger charge is 2.14. The van der Waals surface area contributed by atoms with Gasteiger partial charge in [0.15, 0.2) is 0 Å². The van der Waals surface area contributed by atoms with E-state index in [2.05, 4.69) is 41.5 Å². The zero-order valence-corrected chi connectivity index (χ0v) is 14.5. The van der Waals surface area contributed by atoms with Crippen LogP contribution in [0.3, 0.4) is 0 Å². The van der Waals surface area contributed by atoms with E-state index in [9.17, 15) is 4.79 Å². The Balaban J connectivity index is 2.07. The number of nitrogens with one attached hydrogen (secondary N) is 2. The molecular weight excluding hydrogens is 290 g/mol. The van der Waals surface area contributed by atoms with Crippen LogP contribution in [0.25, 0.3) is 0 Å². The number of anilines is 1. The first-order chi connectivity index (χ1) is 10.8. The molecule has 1 aromatic heterocycles. The molecule has 2 aromatic rings. The van der Waals surface area contributed by atoms with Crippen molar-refractivity contribution in [2.75, 3.05) is 11.9 Å². The zero-order chi connectivity index (χ0) is 17.0. The summed E-state index contributed by atoms with van der Waals surface area (Å²) in [6, 6.07) is 5.74. The predicted molar refractivity (Wildman–Crippen MR) is 91.3 cm³/mol. The van der Waals surface area contributed by atoms with Crippen LogP contribution in [0.5, 0.6) is 0 Å². The minimum Gasteiger partial charge on any atom is -0.384 e. The molecule has 1 heterocycles. The number of rotatable bonds is 5. The van der Waals surface area contributed by atoms with Crippen molar-refractivity contribution in [1.29, 1.82) is 0 Å². The molecule has 124 valence electrons. The Labute approximate surface area is 137 Å². The second kappa shape index (κ2) is 6.81. The average molecular weight is 315 g/mol. The van der Waals surface area contributed by atoms with E-state index in [1.165, 1.54) is 6.33 Å². The lowest BCUT2D eigenvalue weighted by atomic mass is 9.96. The van der Waals surface area contributed by atoms with Crippen LogP contribution in [-0.4, -0.2) is 27.2 Å². The second-order valence-electron chi connectivity index (χ2n) is 6.87. The number of hydrogen-bond donors (Lipinski definition) is 2. The van der Waals surface area contributed by atoms with Gasteiger partial charge in [0.1, 0.15) is 12.2 Å². The highest BCUT2D eigenvalue weighted by atomic mass is 16.1. The molecule has 0 aliphatic rings. The van der Waals surface area contributed by atoms with Crippen LogP contribution < -0.4 is 10.6 Å². The van der Waals surface area contributed by atoms with Gasteiger partial charge >= 0.3 is 0 Å². The number of hydrogen-bond acceptors (Lipinski definition) is 4. The number of nitrogens with zero attached hydrogens (tertiary/aromatic N) is 3. The van der Waals surface area contributed by atoms with Crippen molar-refractivity contribution in [3.8, 4) is 0 Å². The van der Waals surface area contributed by atoms with Gasteiger partial charge in [-0.2, -0.15) is 5.10 Å². The first kappa shape index (κ1) is 17.0. The lowest BCUT2D eigenvalue weighted by Gasteiger charge is -2.21. The Hall–Kier alpha value is -2.37. The highest BCUT2D eigenvalue weighted by molar-refractivity contribution is 5.96. The summed E-state index contributed by atoms with van der Waals surface area (Å²) in [5, 5.41) is 10.3. The third kappa shape index (κ3) is 4.55. The number of carbonyl (C=O) groups is 1. The van der Waals surface area contributed by atoms with E-state index in [4.69, 9.17) is 0 Å². The normalized spacial score (nSPS) is 11.3. The molecule has 0 aliphatic heterocycles. The average Bonchev–Trinajstić information content (AvgIpc) is 2.88. The van der Waals surface area contributed by atoms with E-state index < -0.39 is 0 Å². The van der Waals surface area contributed by atoms with Gasteiger partial charge in [-0.15, -0.1) is 0 Å². The maximum absolute atomic E-state index is 12.4. The largest absolute Gasteiger partial charge is 0.384 e. The Bertz CT molecular complexity index is 685. The summed E-state index contributed by atoms with van der Waals surface area (Å²) < 4.78 is 1.65. The van der Waals surface area contributed by atoms with E-state index >= 15 is 0 Å². The Morgan fingerprint density at radius 3 is 2.65 bits per heavy atom. The van der Waals surface area contributed by atoms with E-state index in [0.29, 0.717) is 12.1 Å². The van der Waals surface area contributed by atoms with Crippen LogP contribution >= 0.6 is 0 Å². The standard InChI is InChI=1S/C17H25N5O/c1-12-13(7-6-8-14(12)19-10-17(2,3)4)16(23)18-9-15-20-11-21-22(15)5/h6-8,11,19H,9-10H2,1-5H3,(H,18,23). The van der Waals surface area contributed by atoms with E-state index in [-0.39, 0.29) is 11.3 Å². The summed E-state index contributed by atoms with van der Waals surface area (Å²) in [7, 11) is 1.80. The lowest BCUT2D eigenvalue weighted by molar-refractivity contribution is 0.0949. The number of carbonyl (C=O) groups excluding carboxylic acids is 1. The molecule has 0 bridgehead atoms. The Morgan fingerprint density at radius 1 is 1.30 bits per heavy atom. The first-order valence-corrected chi connectivity index (χ1v) is 7.72. The topological polar surface area (TPSA) is 71.8 Å². The smallest absolute Gasteiger partial charge is 0.252 e. The molecule has 0 saturated heterocycles. The molecule has 2 rings (SSSR count). The molecule has 2 N–H and O–H groups in total. The van der Waals surface area contributed by atoms with Crippen molar-refractivity contribution >= 4 is 11.6 Å². The van der Waals surface area contributed by atoms with Gasteiger partial charge in [0.2, 0.25) is 0 Å². The molecule has 0 spiro atoms. The zero-order valence-electron chi connectivity index (χ0n) is 14.5. The molecular formula is C17H25N5O. The van der Waals surface area contributed by atoms with E-state index in [0.717, 1.165) is 23.6 Å². The lowest BCUT2D eigenvalue weighted by Crippen LogP contribution is -2.26. The van der Waals surface area contributed by atoms with Crippen molar-refractivity contribution in [1.82, 2.24) is 20.1 Å². The summed E-state index contributed by atoms with van der Waals surface area (Å²) in [5.41, 5.74) is 2.79. The number of benzene rings is 1. The molecule has 6 heteroatoms. The maximum Gasteiger partial charge on any atom is 0.252 e. The molecule has 0 fully saturated rings. The van der Waals surface area contributed by atoms with Crippen molar-refractivity contribution in [2.45, 2.75) is 34.2 Å². The van der Waals surface area contributed by atoms with Gasteiger partial charge in [-0.3, -0.25) is 9.48 Å². The summed E-state index contributed by atoms with van der Waals surface area (Å²) in [4.78, 5) is 16.5. The van der Waals surface area contributed by atoms with Crippen molar-refractivity contribution in [3.63, 3.8) is 0 Å². The summed E-state index contributed by atoms with van der Waals surface area (Å²) >= 11 is 0. The fraction of sp³-hybridized carbons (Fsp3) is 0.471. The van der Waals surface area contributed by atoms with Gasteiger partial charge in [0.05, 0.1) is 6.54 Å². The van der Waals surface area contributed by atoms with Crippen LogP contribution in [0.4, 0.5) is 5.69 Å². The third-order valence-electron chi connectivity index (χ3n) is 3.60. The Kier molecular flexibility index (Phi) is 5.03. The van der Waals surface area contributed by atoms with Crippen molar-refractivity contribution in [3.05, 3.63) is 41.5 Å². The molecule has 1 aromatic carbocycles. The minimum atomic E-state index is -0.107. The van der Waals surface area contributed by atoms with Gasteiger partial charge in [0, 0.05) is 24.8 Å². The predicted octanol–water partition coefficient (Wildman–Crippen LogP) is 2.51. The molecule has 23 heavy (non-hydrogen) atoms. The summed E-state index contributed by atoms with van der Waals surface area (Å²) in [6.07, 6.45) is 1.48. The summed E-state index contributed by atoms with van der Waals surface area (Å²) in [6.45, 7) is 9.68. The minimum absolute atomic E-state index is 0.107. The van der Waals surface area contributed by atoms with Gasteiger partial charge in [-0.05, 0) is 30.0 Å². The monoisotopic (exact) mass is 315 g/mol. The highest BCUT2D eigenvalue weighted by Crippen LogP contribution is 2.21.